The zero-order valence-electron chi connectivity index (χ0n) is 12.5. The number of aliphatic carboxylic acids is 1. The fraction of sp³-hybridized carbons (Fsp3) is 0.867. The van der Waals surface area contributed by atoms with Crippen LogP contribution in [0.15, 0.2) is 0 Å². The van der Waals surface area contributed by atoms with Crippen LogP contribution in [0.3, 0.4) is 0 Å². The lowest BCUT2D eigenvalue weighted by atomic mass is 9.84. The lowest BCUT2D eigenvalue weighted by Gasteiger charge is -2.24. The highest BCUT2D eigenvalue weighted by molar-refractivity contribution is 5.78. The van der Waals surface area contributed by atoms with Gasteiger partial charge in [0.25, 0.3) is 0 Å². The molecule has 3 atom stereocenters. The highest BCUT2D eigenvalue weighted by Gasteiger charge is 2.34. The van der Waals surface area contributed by atoms with Crippen LogP contribution in [-0.4, -0.2) is 23.0 Å². The fourth-order valence-electron chi connectivity index (χ4n) is 3.13. The molecule has 1 amide bonds. The van der Waals surface area contributed by atoms with E-state index in [9.17, 15) is 9.59 Å². The summed E-state index contributed by atoms with van der Waals surface area (Å²) in [6.45, 7) is 8.57. The number of rotatable bonds is 5. The van der Waals surface area contributed by atoms with Gasteiger partial charge in [-0.1, -0.05) is 34.1 Å². The Kier molecular flexibility index (Phi) is 5.39. The molecule has 3 unspecified atom stereocenters. The number of carbonyl (C=O) groups is 2. The van der Waals surface area contributed by atoms with E-state index in [0.29, 0.717) is 18.8 Å². The second-order valence-electron chi connectivity index (χ2n) is 7.12. The molecule has 0 aromatic rings. The first-order chi connectivity index (χ1) is 8.69. The molecule has 110 valence electrons. The van der Waals surface area contributed by atoms with Crippen LogP contribution in [-0.2, 0) is 9.59 Å². The molecule has 4 nitrogen and oxygen atoms in total. The van der Waals surface area contributed by atoms with Crippen LogP contribution in [0, 0.1) is 17.3 Å². The summed E-state index contributed by atoms with van der Waals surface area (Å²) in [4.78, 5) is 23.0. The summed E-state index contributed by atoms with van der Waals surface area (Å²) >= 11 is 0. The summed E-state index contributed by atoms with van der Waals surface area (Å²) in [5.74, 6) is -0.869. The fourth-order valence-corrected chi connectivity index (χ4v) is 3.13. The third kappa shape index (κ3) is 5.62. The number of carboxylic acids is 1. The molecular formula is C15H27NO3. The largest absolute Gasteiger partial charge is 0.481 e. The maximum atomic E-state index is 12.0. The molecule has 1 aliphatic rings. The van der Waals surface area contributed by atoms with Gasteiger partial charge in [0, 0.05) is 12.5 Å². The number of hydrogen-bond donors (Lipinski definition) is 2. The Bertz CT molecular complexity index is 333. The predicted molar refractivity (Wildman–Crippen MR) is 74.8 cm³/mol. The van der Waals surface area contributed by atoms with Crippen LogP contribution in [0.5, 0.6) is 0 Å². The minimum absolute atomic E-state index is 0.00472. The molecule has 4 heteroatoms. The van der Waals surface area contributed by atoms with Crippen molar-refractivity contribution in [2.45, 2.75) is 65.8 Å². The number of carboxylic acid groups (broad SMARTS) is 1. The Morgan fingerprint density at radius 1 is 1.32 bits per heavy atom. The normalized spacial score (nSPS) is 25.1. The Labute approximate surface area is 116 Å². The summed E-state index contributed by atoms with van der Waals surface area (Å²) in [7, 11) is 0. The van der Waals surface area contributed by atoms with Crippen molar-refractivity contribution in [1.82, 2.24) is 5.32 Å². The third-order valence-electron chi connectivity index (χ3n) is 3.67. The highest BCUT2D eigenvalue weighted by atomic mass is 16.4. The lowest BCUT2D eigenvalue weighted by molar-refractivity contribution is -0.142. The molecule has 0 aliphatic heterocycles. The van der Waals surface area contributed by atoms with Gasteiger partial charge in [-0.05, 0) is 30.6 Å². The SMILES string of the molecule is CC(CC(=O)NC1CCCC1C(=O)O)CC(C)(C)C. The van der Waals surface area contributed by atoms with E-state index in [1.165, 1.54) is 0 Å². The Hall–Kier alpha value is -1.06. The molecule has 0 heterocycles. The molecular weight excluding hydrogens is 242 g/mol. The molecule has 0 radical (unpaired) electrons. The van der Waals surface area contributed by atoms with Gasteiger partial charge in [0.2, 0.25) is 5.91 Å². The summed E-state index contributed by atoms with van der Waals surface area (Å²) in [5, 5.41) is 12.0. The van der Waals surface area contributed by atoms with Crippen LogP contribution in [0.4, 0.5) is 0 Å². The average molecular weight is 269 g/mol. The first-order valence-electron chi connectivity index (χ1n) is 7.21. The summed E-state index contributed by atoms with van der Waals surface area (Å²) < 4.78 is 0. The molecule has 0 spiro atoms. The van der Waals surface area contributed by atoms with Crippen LogP contribution < -0.4 is 5.32 Å². The molecule has 0 saturated heterocycles. The molecule has 1 saturated carbocycles. The van der Waals surface area contributed by atoms with Crippen LogP contribution in [0.25, 0.3) is 0 Å². The Morgan fingerprint density at radius 3 is 2.47 bits per heavy atom. The van der Waals surface area contributed by atoms with Gasteiger partial charge in [-0.3, -0.25) is 9.59 Å². The van der Waals surface area contributed by atoms with Gasteiger partial charge in [0.05, 0.1) is 5.92 Å². The van der Waals surface area contributed by atoms with Crippen LogP contribution in [0.1, 0.15) is 59.8 Å². The van der Waals surface area contributed by atoms with Gasteiger partial charge in [-0.25, -0.2) is 0 Å². The van der Waals surface area contributed by atoms with Gasteiger partial charge >= 0.3 is 5.97 Å². The number of hydrogen-bond acceptors (Lipinski definition) is 2. The monoisotopic (exact) mass is 269 g/mol. The minimum atomic E-state index is -0.787. The second-order valence-corrected chi connectivity index (χ2v) is 7.12. The van der Waals surface area contributed by atoms with Gasteiger partial charge in [-0.15, -0.1) is 0 Å². The first-order valence-corrected chi connectivity index (χ1v) is 7.21. The van der Waals surface area contributed by atoms with Gasteiger partial charge in [0.1, 0.15) is 0 Å². The highest BCUT2D eigenvalue weighted by Crippen LogP contribution is 2.28. The van der Waals surface area contributed by atoms with Crippen molar-refractivity contribution in [3.05, 3.63) is 0 Å². The third-order valence-corrected chi connectivity index (χ3v) is 3.67. The number of nitrogens with one attached hydrogen (secondary N) is 1. The quantitative estimate of drug-likeness (QED) is 0.806. The zero-order valence-corrected chi connectivity index (χ0v) is 12.5. The molecule has 19 heavy (non-hydrogen) atoms. The zero-order chi connectivity index (χ0) is 14.6. The van der Waals surface area contributed by atoms with Crippen LogP contribution in [0.2, 0.25) is 0 Å². The maximum Gasteiger partial charge on any atom is 0.308 e. The van der Waals surface area contributed by atoms with E-state index in [0.717, 1.165) is 19.3 Å². The van der Waals surface area contributed by atoms with E-state index >= 15 is 0 Å². The van der Waals surface area contributed by atoms with Crippen molar-refractivity contribution >= 4 is 11.9 Å². The van der Waals surface area contributed by atoms with Crippen molar-refractivity contribution < 1.29 is 14.7 Å². The first kappa shape index (κ1) is 16.0. The molecule has 1 rings (SSSR count). The maximum absolute atomic E-state index is 12.0. The Morgan fingerprint density at radius 2 is 1.95 bits per heavy atom. The second kappa shape index (κ2) is 6.40. The lowest BCUT2D eigenvalue weighted by Crippen LogP contribution is -2.40. The number of carbonyl (C=O) groups excluding carboxylic acids is 1. The van der Waals surface area contributed by atoms with Gasteiger partial charge in [0.15, 0.2) is 0 Å². The molecule has 0 aromatic carbocycles. The van der Waals surface area contributed by atoms with E-state index in [4.69, 9.17) is 5.11 Å². The van der Waals surface area contributed by atoms with Crippen molar-refractivity contribution in [1.29, 1.82) is 0 Å². The molecule has 2 N–H and O–H groups in total. The topological polar surface area (TPSA) is 66.4 Å². The molecule has 0 aromatic heterocycles. The number of amides is 1. The Balaban J connectivity index is 2.41. The summed E-state index contributed by atoms with van der Waals surface area (Å²) in [5.41, 5.74) is 0.219. The van der Waals surface area contributed by atoms with Crippen molar-refractivity contribution in [3.63, 3.8) is 0 Å². The molecule has 1 aliphatic carbocycles. The molecule has 1 fully saturated rings. The van der Waals surface area contributed by atoms with Crippen molar-refractivity contribution in [2.75, 3.05) is 0 Å². The van der Waals surface area contributed by atoms with Gasteiger partial charge < -0.3 is 10.4 Å². The van der Waals surface area contributed by atoms with Crippen molar-refractivity contribution in [2.24, 2.45) is 17.3 Å². The van der Waals surface area contributed by atoms with Crippen molar-refractivity contribution in [3.8, 4) is 0 Å². The molecule has 0 bridgehead atoms. The standard InChI is InChI=1S/C15H27NO3/c1-10(9-15(2,3)4)8-13(17)16-12-7-5-6-11(12)14(18)19/h10-12H,5-9H2,1-4H3,(H,16,17)(H,18,19). The van der Waals surface area contributed by atoms with Gasteiger partial charge in [-0.2, -0.15) is 0 Å². The van der Waals surface area contributed by atoms with E-state index in [1.807, 2.05) is 0 Å². The minimum Gasteiger partial charge on any atom is -0.481 e. The van der Waals surface area contributed by atoms with E-state index in [-0.39, 0.29) is 17.4 Å². The smallest absolute Gasteiger partial charge is 0.308 e. The average Bonchev–Trinajstić information content (AvgIpc) is 2.61. The van der Waals surface area contributed by atoms with Crippen LogP contribution >= 0.6 is 0 Å². The summed E-state index contributed by atoms with van der Waals surface area (Å²) in [6.07, 6.45) is 3.83. The summed E-state index contributed by atoms with van der Waals surface area (Å²) in [6, 6.07) is -0.174. The van der Waals surface area contributed by atoms with E-state index in [1.54, 1.807) is 0 Å². The van der Waals surface area contributed by atoms with E-state index in [2.05, 4.69) is 33.0 Å². The van der Waals surface area contributed by atoms with E-state index < -0.39 is 11.9 Å². The predicted octanol–water partition coefficient (Wildman–Crippen LogP) is 2.82.